The summed E-state index contributed by atoms with van der Waals surface area (Å²) in [4.78, 5) is 30.6. The van der Waals surface area contributed by atoms with Gasteiger partial charge in [0.05, 0.1) is 29.1 Å². The molecule has 51 heavy (non-hydrogen) atoms. The number of nitrogens with one attached hydrogen (secondary N) is 1. The van der Waals surface area contributed by atoms with Gasteiger partial charge in [-0.15, -0.1) is 16.4 Å². The van der Waals surface area contributed by atoms with Crippen molar-refractivity contribution in [3.8, 4) is 11.5 Å². The van der Waals surface area contributed by atoms with Crippen LogP contribution in [0.25, 0.3) is 10.2 Å². The number of carbonyl (C=O) groups is 2. The zero-order valence-electron chi connectivity index (χ0n) is 26.7. The number of benzene rings is 3. The van der Waals surface area contributed by atoms with Gasteiger partial charge < -0.3 is 19.5 Å². The van der Waals surface area contributed by atoms with Crippen LogP contribution in [0, 0.1) is 0 Å². The zero-order chi connectivity index (χ0) is 36.8. The molecule has 2 aromatic heterocycles. The Morgan fingerprint density at radius 1 is 0.980 bits per heavy atom. The summed E-state index contributed by atoms with van der Waals surface area (Å²) in [7, 11) is -2.86. The molecule has 0 bridgehead atoms. The Morgan fingerprint density at radius 2 is 1.65 bits per heavy atom. The number of hydrogen-bond donors (Lipinski definition) is 2. The maximum absolute atomic E-state index is 13.8. The Morgan fingerprint density at radius 3 is 2.29 bits per heavy atom. The number of aromatic nitrogens is 4. The second-order valence-electron chi connectivity index (χ2n) is 11.0. The second-order valence-corrected chi connectivity index (χ2v) is 13.8. The number of halogens is 4. The van der Waals surface area contributed by atoms with Crippen LogP contribution in [0.15, 0.2) is 77.3 Å². The number of sulfonamides is 1. The van der Waals surface area contributed by atoms with Crippen LogP contribution in [-0.2, 0) is 50.0 Å². The van der Waals surface area contributed by atoms with Crippen molar-refractivity contribution in [3.63, 3.8) is 0 Å². The number of thiazole rings is 1. The summed E-state index contributed by atoms with van der Waals surface area (Å²) in [6.45, 7) is -0.896. The van der Waals surface area contributed by atoms with Gasteiger partial charge in [0.2, 0.25) is 10.2 Å². The van der Waals surface area contributed by atoms with E-state index in [2.05, 4.69) is 20.6 Å². The van der Waals surface area contributed by atoms with Crippen molar-refractivity contribution in [2.75, 3.05) is 20.4 Å². The number of primary sulfonamides is 1. The molecule has 3 N–H and O–H groups in total. The van der Waals surface area contributed by atoms with Gasteiger partial charge in [0, 0.05) is 12.8 Å². The second kappa shape index (κ2) is 15.8. The number of fused-ring (bicyclic) bond motifs is 1. The summed E-state index contributed by atoms with van der Waals surface area (Å²) < 4.78 is 92.7. The quantitative estimate of drug-likeness (QED) is 0.117. The van der Waals surface area contributed by atoms with Crippen molar-refractivity contribution in [1.29, 1.82) is 0 Å². The number of amides is 1. The first-order chi connectivity index (χ1) is 24.2. The van der Waals surface area contributed by atoms with Crippen LogP contribution < -0.4 is 19.9 Å². The fourth-order valence-electron chi connectivity index (χ4n) is 4.86. The average molecular weight is 751 g/mol. The lowest BCUT2D eigenvalue weighted by atomic mass is 10.0. The molecule has 5 aromatic rings. The summed E-state index contributed by atoms with van der Waals surface area (Å²) in [5, 5.41) is 16.1. The van der Waals surface area contributed by atoms with Crippen LogP contribution in [0.4, 0.5) is 17.6 Å². The van der Waals surface area contributed by atoms with E-state index in [0.29, 0.717) is 38.5 Å². The van der Waals surface area contributed by atoms with Crippen molar-refractivity contribution >= 4 is 43.5 Å². The normalized spacial score (nSPS) is 13.1. The minimum Gasteiger partial charge on any atom is -0.491 e. The minimum atomic E-state index is -4.55. The fourth-order valence-corrected chi connectivity index (χ4v) is 6.55. The summed E-state index contributed by atoms with van der Waals surface area (Å²) in [5.41, 5.74) is 0.854. The lowest BCUT2D eigenvalue weighted by Crippen LogP contribution is -2.46. The Kier molecular flexibility index (Phi) is 11.5. The van der Waals surface area contributed by atoms with Gasteiger partial charge in [-0.3, -0.25) is 4.79 Å². The Labute approximate surface area is 292 Å². The number of methoxy groups -OCH3 is 1. The number of carbonyl (C=O) groups excluding carboxylic acids is 2. The van der Waals surface area contributed by atoms with Gasteiger partial charge >= 0.3 is 12.1 Å². The lowest BCUT2D eigenvalue weighted by molar-refractivity contribution is -0.145. The molecule has 270 valence electrons. The van der Waals surface area contributed by atoms with Gasteiger partial charge in [-0.25, -0.2) is 32.4 Å². The van der Waals surface area contributed by atoms with Gasteiger partial charge in [-0.05, 0) is 53.6 Å². The first kappa shape index (κ1) is 37.1. The average Bonchev–Trinajstić information content (AvgIpc) is 3.76. The first-order valence-electron chi connectivity index (χ1n) is 15.0. The Balaban J connectivity index is 1.35. The highest BCUT2D eigenvalue weighted by atomic mass is 32.2. The van der Waals surface area contributed by atoms with Crippen molar-refractivity contribution in [3.05, 3.63) is 95.3 Å². The molecule has 0 saturated heterocycles. The molecular formula is C32H30F4N6O7S2. The number of nitrogens with zero attached hydrogens (tertiary/aromatic N) is 4. The van der Waals surface area contributed by atoms with Crippen molar-refractivity contribution in [2.45, 2.75) is 42.0 Å². The van der Waals surface area contributed by atoms with E-state index in [1.54, 1.807) is 42.5 Å². The van der Waals surface area contributed by atoms with Crippen LogP contribution in [0.3, 0.4) is 0 Å². The van der Waals surface area contributed by atoms with Crippen LogP contribution in [0.1, 0.15) is 28.4 Å². The molecule has 0 aliphatic rings. The van der Waals surface area contributed by atoms with Gasteiger partial charge in [0.1, 0.15) is 49.2 Å². The van der Waals surface area contributed by atoms with Gasteiger partial charge in [-0.1, -0.05) is 29.5 Å². The highest BCUT2D eigenvalue weighted by Crippen LogP contribution is 2.30. The molecule has 0 aliphatic carbocycles. The molecule has 0 spiro atoms. The molecule has 2 atom stereocenters. The van der Waals surface area contributed by atoms with Crippen LogP contribution in [0.2, 0.25) is 0 Å². The first-order valence-corrected chi connectivity index (χ1v) is 17.4. The summed E-state index contributed by atoms with van der Waals surface area (Å²) in [5.74, 6) is -0.709. The third-order valence-electron chi connectivity index (χ3n) is 7.37. The predicted octanol–water partition coefficient (Wildman–Crippen LogP) is 4.17. The maximum atomic E-state index is 13.8. The molecule has 1 amide bonds. The molecule has 3 aromatic carbocycles. The summed E-state index contributed by atoms with van der Waals surface area (Å²) >= 11 is 0.884. The molecule has 0 radical (unpaired) electrons. The fraction of sp³-hybridized carbons (Fsp3) is 0.281. The zero-order valence-corrected chi connectivity index (χ0v) is 28.3. The van der Waals surface area contributed by atoms with E-state index in [9.17, 15) is 35.6 Å². The van der Waals surface area contributed by atoms with Gasteiger partial charge in [0.25, 0.3) is 10.0 Å². The molecule has 2 heterocycles. The SMILES string of the molecule is COC(=O)C(Cc1ccc(C(F)(F)F)cc1)NC(=O)C(Cc1ccc(OCCF)cc1)n1cc(COc2ccc3nc(S(N)(=O)=O)sc3c2)nn1. The third kappa shape index (κ3) is 9.77. The van der Waals surface area contributed by atoms with Crippen LogP contribution in [0.5, 0.6) is 11.5 Å². The standard InChI is InChI=1S/C32H30F4N6O7S2/c1-47-30(44)26(14-19-2-6-21(7-3-19)32(34,35)36)38-29(43)27(15-20-4-8-23(9-5-20)48-13-12-33)42-17-22(40-41-42)18-49-24-10-11-25-28(16-24)50-31(39-25)51(37,45)46/h2-11,16-17,26-27H,12-15,18H2,1H3,(H,38,43)(H2,37,45,46). The van der Waals surface area contributed by atoms with Crippen molar-refractivity contribution in [1.82, 2.24) is 25.3 Å². The number of alkyl halides is 4. The van der Waals surface area contributed by atoms with E-state index in [0.717, 1.165) is 30.6 Å². The van der Waals surface area contributed by atoms with E-state index in [4.69, 9.17) is 19.3 Å². The number of ether oxygens (including phenoxy) is 3. The van der Waals surface area contributed by atoms with Crippen LogP contribution in [-0.4, -0.2) is 66.7 Å². The van der Waals surface area contributed by atoms with Crippen molar-refractivity contribution < 1.29 is 49.8 Å². The summed E-state index contributed by atoms with van der Waals surface area (Å²) in [6.07, 6.45) is -3.20. The molecule has 0 aliphatic heterocycles. The molecule has 19 heteroatoms. The smallest absolute Gasteiger partial charge is 0.416 e. The molecule has 13 nitrogen and oxygen atoms in total. The number of hydrogen-bond acceptors (Lipinski definition) is 11. The molecular weight excluding hydrogens is 721 g/mol. The van der Waals surface area contributed by atoms with Crippen LogP contribution >= 0.6 is 11.3 Å². The Bertz CT molecular complexity index is 2090. The largest absolute Gasteiger partial charge is 0.491 e. The topological polar surface area (TPSA) is 178 Å². The van der Waals surface area contributed by atoms with E-state index in [1.807, 2.05) is 0 Å². The number of esters is 1. The molecule has 0 saturated carbocycles. The van der Waals surface area contributed by atoms with E-state index >= 15 is 0 Å². The highest BCUT2D eigenvalue weighted by Gasteiger charge is 2.31. The lowest BCUT2D eigenvalue weighted by Gasteiger charge is -2.22. The monoisotopic (exact) mass is 750 g/mol. The minimum absolute atomic E-state index is 0.0431. The molecule has 2 unspecified atom stereocenters. The van der Waals surface area contributed by atoms with Crippen molar-refractivity contribution in [2.24, 2.45) is 5.14 Å². The number of nitrogens with two attached hydrogens (primary N) is 1. The van der Waals surface area contributed by atoms with E-state index < -0.39 is 52.4 Å². The highest BCUT2D eigenvalue weighted by molar-refractivity contribution is 7.91. The van der Waals surface area contributed by atoms with E-state index in [-0.39, 0.29) is 30.4 Å². The number of rotatable bonds is 15. The van der Waals surface area contributed by atoms with Gasteiger partial charge in [0.15, 0.2) is 0 Å². The third-order valence-corrected chi connectivity index (χ3v) is 9.71. The summed E-state index contributed by atoms with van der Waals surface area (Å²) in [6, 6.07) is 13.1. The maximum Gasteiger partial charge on any atom is 0.416 e. The van der Waals surface area contributed by atoms with Gasteiger partial charge in [-0.2, -0.15) is 13.2 Å². The molecule has 5 rings (SSSR count). The van der Waals surface area contributed by atoms with E-state index in [1.165, 1.54) is 23.0 Å². The Hall–Kier alpha value is -5.14. The molecule has 0 fully saturated rings. The predicted molar refractivity (Wildman–Crippen MR) is 175 cm³/mol.